The summed E-state index contributed by atoms with van der Waals surface area (Å²) in [5.41, 5.74) is 1.20. The van der Waals surface area contributed by atoms with E-state index in [1.807, 2.05) is 12.1 Å². The maximum atomic E-state index is 8.84. The van der Waals surface area contributed by atoms with E-state index in [0.29, 0.717) is 5.75 Å². The molecule has 47 valence electrons. The van der Waals surface area contributed by atoms with Gasteiger partial charge in [0.2, 0.25) is 0 Å². The van der Waals surface area contributed by atoms with Crippen LogP contribution in [-0.2, 0) is 5.32 Å². The molecule has 1 rings (SSSR count). The standard InChI is InChI=1S/C7H7OSe/c8-7-3-1-6(5-9)2-4-7/h1-4,8H,5H2. The molecule has 0 fully saturated rings. The van der Waals surface area contributed by atoms with Crippen LogP contribution >= 0.6 is 0 Å². The molecule has 0 saturated carbocycles. The summed E-state index contributed by atoms with van der Waals surface area (Å²) in [6, 6.07) is 7.16. The van der Waals surface area contributed by atoms with Crippen molar-refractivity contribution in [1.29, 1.82) is 0 Å². The van der Waals surface area contributed by atoms with Gasteiger partial charge in [0.1, 0.15) is 0 Å². The van der Waals surface area contributed by atoms with Crippen LogP contribution in [0.5, 0.6) is 5.75 Å². The zero-order chi connectivity index (χ0) is 6.69. The number of hydrogen-bond donors (Lipinski definition) is 1. The molecule has 0 aliphatic heterocycles. The summed E-state index contributed by atoms with van der Waals surface area (Å²) in [5.74, 6) is 0.326. The Labute approximate surface area is 62.5 Å². The van der Waals surface area contributed by atoms with Gasteiger partial charge in [-0.25, -0.2) is 0 Å². The van der Waals surface area contributed by atoms with Crippen LogP contribution in [-0.4, -0.2) is 21.1 Å². The average Bonchev–Trinajstić information content (AvgIpc) is 1.90. The van der Waals surface area contributed by atoms with Gasteiger partial charge in [-0.1, -0.05) is 0 Å². The minimum absolute atomic E-state index is 0.326. The first-order valence-corrected chi connectivity index (χ1v) is 3.90. The summed E-state index contributed by atoms with van der Waals surface area (Å²) in [6.45, 7) is 0. The summed E-state index contributed by atoms with van der Waals surface area (Å²) in [4.78, 5) is 0. The van der Waals surface area contributed by atoms with Gasteiger partial charge < -0.3 is 0 Å². The van der Waals surface area contributed by atoms with E-state index in [1.165, 1.54) is 5.56 Å². The van der Waals surface area contributed by atoms with Crippen molar-refractivity contribution in [2.45, 2.75) is 5.32 Å². The van der Waals surface area contributed by atoms with E-state index in [9.17, 15) is 0 Å². The fourth-order valence-corrected chi connectivity index (χ4v) is 0.996. The van der Waals surface area contributed by atoms with Crippen LogP contribution in [0.2, 0.25) is 0 Å². The molecule has 0 saturated heterocycles. The summed E-state index contributed by atoms with van der Waals surface area (Å²) < 4.78 is 0. The molecule has 0 spiro atoms. The molecule has 0 aliphatic carbocycles. The van der Waals surface area contributed by atoms with E-state index in [2.05, 4.69) is 16.0 Å². The average molecular weight is 186 g/mol. The maximum absolute atomic E-state index is 8.84. The number of rotatable bonds is 1. The topological polar surface area (TPSA) is 20.2 Å². The molecule has 1 aromatic rings. The van der Waals surface area contributed by atoms with E-state index in [0.717, 1.165) is 5.32 Å². The Morgan fingerprint density at radius 1 is 1.22 bits per heavy atom. The van der Waals surface area contributed by atoms with Crippen molar-refractivity contribution in [2.24, 2.45) is 0 Å². The number of phenolic OH excluding ortho intramolecular Hbond substituents is 1. The molecular weight excluding hydrogens is 179 g/mol. The van der Waals surface area contributed by atoms with Crippen molar-refractivity contribution in [1.82, 2.24) is 0 Å². The van der Waals surface area contributed by atoms with E-state index in [4.69, 9.17) is 5.11 Å². The van der Waals surface area contributed by atoms with Crippen molar-refractivity contribution >= 4 is 16.0 Å². The van der Waals surface area contributed by atoms with Gasteiger partial charge in [-0.3, -0.25) is 0 Å². The Bertz CT molecular complexity index is 181. The summed E-state index contributed by atoms with van der Waals surface area (Å²) in [7, 11) is 0. The van der Waals surface area contributed by atoms with Gasteiger partial charge in [0, 0.05) is 0 Å². The second-order valence-electron chi connectivity index (χ2n) is 1.81. The molecule has 0 heterocycles. The fourth-order valence-electron chi connectivity index (χ4n) is 0.592. The molecule has 2 heteroatoms. The van der Waals surface area contributed by atoms with Crippen LogP contribution in [0.15, 0.2) is 24.3 Å². The minimum atomic E-state index is 0.326. The van der Waals surface area contributed by atoms with Crippen molar-refractivity contribution in [3.05, 3.63) is 29.8 Å². The van der Waals surface area contributed by atoms with E-state index < -0.39 is 0 Å². The molecule has 0 unspecified atom stereocenters. The fraction of sp³-hybridized carbons (Fsp3) is 0.143. The third-order valence-electron chi connectivity index (χ3n) is 1.10. The van der Waals surface area contributed by atoms with Crippen LogP contribution in [0.4, 0.5) is 0 Å². The Balaban J connectivity index is 2.88. The van der Waals surface area contributed by atoms with Gasteiger partial charge in [-0.2, -0.15) is 0 Å². The van der Waals surface area contributed by atoms with Crippen molar-refractivity contribution < 1.29 is 5.11 Å². The molecule has 1 nitrogen and oxygen atoms in total. The molecule has 0 atom stereocenters. The molecular formula is C7H7OSe. The van der Waals surface area contributed by atoms with Crippen molar-refractivity contribution in [3.63, 3.8) is 0 Å². The number of benzene rings is 1. The zero-order valence-electron chi connectivity index (χ0n) is 4.87. The van der Waals surface area contributed by atoms with Crippen LogP contribution in [0.25, 0.3) is 0 Å². The normalized spacial score (nSPS) is 9.44. The van der Waals surface area contributed by atoms with Gasteiger partial charge in [-0.05, 0) is 0 Å². The Kier molecular flexibility index (Phi) is 2.15. The van der Waals surface area contributed by atoms with Gasteiger partial charge in [0.05, 0.1) is 0 Å². The quantitative estimate of drug-likeness (QED) is 0.650. The number of hydrogen-bond acceptors (Lipinski definition) is 1. The van der Waals surface area contributed by atoms with Gasteiger partial charge in [0.25, 0.3) is 0 Å². The van der Waals surface area contributed by atoms with Gasteiger partial charge >= 0.3 is 62.0 Å². The van der Waals surface area contributed by atoms with Crippen LogP contribution in [0.1, 0.15) is 5.56 Å². The van der Waals surface area contributed by atoms with E-state index >= 15 is 0 Å². The second-order valence-corrected chi connectivity index (χ2v) is 2.42. The summed E-state index contributed by atoms with van der Waals surface area (Å²) in [5, 5.41) is 9.75. The number of aromatic hydroxyl groups is 1. The Morgan fingerprint density at radius 3 is 2.22 bits per heavy atom. The predicted molar refractivity (Wildman–Crippen MR) is 37.6 cm³/mol. The molecule has 0 aromatic heterocycles. The summed E-state index contributed by atoms with van der Waals surface area (Å²) >= 11 is 2.90. The van der Waals surface area contributed by atoms with Crippen LogP contribution < -0.4 is 0 Å². The molecule has 0 aliphatic rings. The molecule has 1 aromatic carbocycles. The first-order valence-electron chi connectivity index (χ1n) is 2.69. The van der Waals surface area contributed by atoms with Crippen LogP contribution in [0.3, 0.4) is 0 Å². The van der Waals surface area contributed by atoms with Gasteiger partial charge in [0.15, 0.2) is 0 Å². The number of phenols is 1. The van der Waals surface area contributed by atoms with Gasteiger partial charge in [-0.15, -0.1) is 0 Å². The SMILES string of the molecule is Oc1ccc(C[Se])cc1. The Hall–Kier alpha value is -0.461. The molecule has 1 N–H and O–H groups in total. The third-order valence-corrected chi connectivity index (χ3v) is 1.80. The third kappa shape index (κ3) is 1.74. The molecule has 0 amide bonds. The van der Waals surface area contributed by atoms with Crippen molar-refractivity contribution in [3.8, 4) is 5.75 Å². The molecule has 0 bridgehead atoms. The monoisotopic (exact) mass is 187 g/mol. The van der Waals surface area contributed by atoms with Crippen LogP contribution in [0, 0.1) is 0 Å². The first kappa shape index (κ1) is 6.66. The Morgan fingerprint density at radius 2 is 1.78 bits per heavy atom. The summed E-state index contributed by atoms with van der Waals surface area (Å²) in [6.07, 6.45) is 0. The van der Waals surface area contributed by atoms with E-state index in [1.54, 1.807) is 12.1 Å². The molecule has 1 radical (unpaired) electrons. The molecule has 9 heavy (non-hydrogen) atoms. The van der Waals surface area contributed by atoms with E-state index in [-0.39, 0.29) is 0 Å². The predicted octanol–water partition coefficient (Wildman–Crippen LogP) is 1.06. The second kappa shape index (κ2) is 2.90. The van der Waals surface area contributed by atoms with Crippen molar-refractivity contribution in [2.75, 3.05) is 0 Å². The first-order chi connectivity index (χ1) is 4.33. The zero-order valence-corrected chi connectivity index (χ0v) is 6.59.